The Morgan fingerprint density at radius 3 is 2.18 bits per heavy atom. The van der Waals surface area contributed by atoms with E-state index < -0.39 is 10.1 Å². The molecule has 0 aromatic heterocycles. The third-order valence-electron chi connectivity index (χ3n) is 2.33. The number of hydrogen-bond acceptors (Lipinski definition) is 3. The van der Waals surface area contributed by atoms with Gasteiger partial charge in [-0.2, -0.15) is 8.42 Å². The average Bonchev–Trinajstić information content (AvgIpc) is 2.29. The predicted molar refractivity (Wildman–Crippen MR) is 66.6 cm³/mol. The average molecular weight is 254 g/mol. The third kappa shape index (κ3) is 2.82. The Morgan fingerprint density at radius 1 is 1.00 bits per heavy atom. The molecule has 0 unspecified atom stereocenters. The van der Waals surface area contributed by atoms with Crippen LogP contribution in [-0.4, -0.2) is 25.2 Å². The number of hydrogen-bond donors (Lipinski definition) is 2. The van der Waals surface area contributed by atoms with Crippen molar-refractivity contribution in [1.82, 2.24) is 0 Å². The first-order valence-corrected chi connectivity index (χ1v) is 6.35. The fourth-order valence-electron chi connectivity index (χ4n) is 1.69. The summed E-state index contributed by atoms with van der Waals surface area (Å²) in [4.78, 5) is 0.000556. The zero-order valence-electron chi connectivity index (χ0n) is 9.58. The van der Waals surface area contributed by atoms with E-state index in [0.717, 1.165) is 12.5 Å². The Morgan fingerprint density at radius 2 is 1.59 bits per heavy atom. The van der Waals surface area contributed by atoms with Crippen molar-refractivity contribution >= 4 is 20.9 Å². The minimum absolute atomic E-state index is 0.000556. The lowest BCUT2D eigenvalue weighted by Crippen LogP contribution is -2.01. The van der Waals surface area contributed by atoms with Gasteiger partial charge in [-0.15, -0.1) is 0 Å². The Bertz CT molecular complexity index is 617. The van der Waals surface area contributed by atoms with Gasteiger partial charge in [0.15, 0.2) is 0 Å². The van der Waals surface area contributed by atoms with Crippen molar-refractivity contribution in [2.75, 3.05) is 7.11 Å². The fraction of sp³-hybridized carbons (Fsp3) is 0.167. The Kier molecular flexibility index (Phi) is 4.22. The molecule has 2 aromatic carbocycles. The summed E-state index contributed by atoms with van der Waals surface area (Å²) in [7, 11) is -3.16. The monoisotopic (exact) mass is 254 g/mol. The molecule has 0 heterocycles. The fourth-order valence-corrected chi connectivity index (χ4v) is 2.63. The van der Waals surface area contributed by atoms with Crippen LogP contribution in [0.3, 0.4) is 0 Å². The first-order valence-electron chi connectivity index (χ1n) is 4.91. The summed E-state index contributed by atoms with van der Waals surface area (Å²) in [5.41, 5.74) is 0.552. The highest BCUT2D eigenvalue weighted by Crippen LogP contribution is 2.25. The van der Waals surface area contributed by atoms with Crippen LogP contribution in [0.5, 0.6) is 0 Å². The normalized spacial score (nSPS) is 10.8. The number of rotatable bonds is 1. The highest BCUT2D eigenvalue weighted by atomic mass is 32.2. The van der Waals surface area contributed by atoms with Crippen LogP contribution in [0.4, 0.5) is 0 Å². The van der Waals surface area contributed by atoms with Gasteiger partial charge in [0.2, 0.25) is 0 Å². The number of fused-ring (bicyclic) bond motifs is 1. The molecule has 0 aliphatic rings. The van der Waals surface area contributed by atoms with Gasteiger partial charge in [-0.1, -0.05) is 36.4 Å². The van der Waals surface area contributed by atoms with E-state index in [0.29, 0.717) is 10.9 Å². The van der Waals surface area contributed by atoms with Gasteiger partial charge in [-0.25, -0.2) is 0 Å². The van der Waals surface area contributed by atoms with Crippen LogP contribution in [0, 0.1) is 6.92 Å². The van der Waals surface area contributed by atoms with Gasteiger partial charge in [0, 0.05) is 12.5 Å². The van der Waals surface area contributed by atoms with Crippen molar-refractivity contribution < 1.29 is 18.1 Å². The Labute approximate surface area is 100 Å². The minimum atomic E-state index is -4.16. The van der Waals surface area contributed by atoms with E-state index in [1.54, 1.807) is 25.1 Å². The molecule has 17 heavy (non-hydrogen) atoms. The molecule has 0 saturated heterocycles. The molecule has 2 N–H and O–H groups in total. The van der Waals surface area contributed by atoms with Crippen molar-refractivity contribution in [2.45, 2.75) is 11.8 Å². The van der Waals surface area contributed by atoms with E-state index in [4.69, 9.17) is 9.66 Å². The lowest BCUT2D eigenvalue weighted by atomic mass is 10.1. The zero-order valence-corrected chi connectivity index (χ0v) is 10.4. The maximum absolute atomic E-state index is 11.2. The third-order valence-corrected chi connectivity index (χ3v) is 3.39. The maximum Gasteiger partial charge on any atom is 0.295 e. The van der Waals surface area contributed by atoms with E-state index in [-0.39, 0.29) is 4.90 Å². The van der Waals surface area contributed by atoms with Gasteiger partial charge in [-0.05, 0) is 17.9 Å². The number of aryl methyl sites for hydroxylation is 1. The van der Waals surface area contributed by atoms with Crippen molar-refractivity contribution in [3.05, 3.63) is 42.0 Å². The van der Waals surface area contributed by atoms with Crippen LogP contribution in [0.2, 0.25) is 0 Å². The van der Waals surface area contributed by atoms with Gasteiger partial charge in [0.05, 0.1) is 0 Å². The molecule has 0 aliphatic heterocycles. The summed E-state index contributed by atoms with van der Waals surface area (Å²) >= 11 is 0. The molecule has 92 valence electrons. The summed E-state index contributed by atoms with van der Waals surface area (Å²) < 4.78 is 31.6. The van der Waals surface area contributed by atoms with Crippen molar-refractivity contribution in [2.24, 2.45) is 0 Å². The van der Waals surface area contributed by atoms with Crippen molar-refractivity contribution in [3.8, 4) is 0 Å². The number of aliphatic hydroxyl groups is 1. The molecule has 0 spiro atoms. The SMILES string of the molecule is CO.Cc1ccc2ccccc2c1S(=O)(=O)O. The molecular weight excluding hydrogens is 240 g/mol. The van der Waals surface area contributed by atoms with Gasteiger partial charge in [0.1, 0.15) is 4.90 Å². The minimum Gasteiger partial charge on any atom is -0.400 e. The predicted octanol–water partition coefficient (Wildman–Crippen LogP) is 2.00. The van der Waals surface area contributed by atoms with E-state index in [1.165, 1.54) is 0 Å². The van der Waals surface area contributed by atoms with Gasteiger partial charge >= 0.3 is 0 Å². The summed E-state index contributed by atoms with van der Waals surface area (Å²) in [6.07, 6.45) is 0. The van der Waals surface area contributed by atoms with Crippen LogP contribution in [0.1, 0.15) is 5.56 Å². The largest absolute Gasteiger partial charge is 0.400 e. The number of aliphatic hydroxyl groups excluding tert-OH is 1. The molecule has 2 rings (SSSR count). The first kappa shape index (κ1) is 13.6. The molecule has 4 nitrogen and oxygen atoms in total. The lowest BCUT2D eigenvalue weighted by Gasteiger charge is -2.06. The summed E-state index contributed by atoms with van der Waals surface area (Å²) in [6.45, 7) is 1.66. The first-order chi connectivity index (χ1) is 8.00. The second-order valence-electron chi connectivity index (χ2n) is 3.41. The smallest absolute Gasteiger partial charge is 0.295 e. The summed E-state index contributed by atoms with van der Waals surface area (Å²) in [6, 6.07) is 10.6. The molecule has 2 aromatic rings. The van der Waals surface area contributed by atoms with Gasteiger partial charge < -0.3 is 5.11 Å². The van der Waals surface area contributed by atoms with Crippen LogP contribution in [0.15, 0.2) is 41.3 Å². The molecular formula is C12H14O4S. The van der Waals surface area contributed by atoms with Crippen LogP contribution >= 0.6 is 0 Å². The van der Waals surface area contributed by atoms with Crippen LogP contribution in [-0.2, 0) is 10.1 Å². The van der Waals surface area contributed by atoms with Crippen molar-refractivity contribution in [1.29, 1.82) is 0 Å². The molecule has 0 atom stereocenters. The molecule has 0 saturated carbocycles. The van der Waals surface area contributed by atoms with Crippen LogP contribution in [0.25, 0.3) is 10.8 Å². The molecule has 0 fully saturated rings. The van der Waals surface area contributed by atoms with E-state index in [9.17, 15) is 8.42 Å². The zero-order chi connectivity index (χ0) is 13.1. The lowest BCUT2D eigenvalue weighted by molar-refractivity contribution is 0.399. The molecule has 0 aliphatic carbocycles. The van der Waals surface area contributed by atoms with Crippen molar-refractivity contribution in [3.63, 3.8) is 0 Å². The van der Waals surface area contributed by atoms with E-state index >= 15 is 0 Å². The topological polar surface area (TPSA) is 74.6 Å². The molecule has 0 radical (unpaired) electrons. The molecule has 0 bridgehead atoms. The van der Waals surface area contributed by atoms with Crippen LogP contribution < -0.4 is 0 Å². The van der Waals surface area contributed by atoms with E-state index in [2.05, 4.69) is 0 Å². The highest BCUT2D eigenvalue weighted by Gasteiger charge is 2.16. The summed E-state index contributed by atoms with van der Waals surface area (Å²) in [5, 5.41) is 8.36. The second-order valence-corrected chi connectivity index (χ2v) is 4.77. The Hall–Kier alpha value is -1.43. The molecule has 0 amide bonds. The highest BCUT2D eigenvalue weighted by molar-refractivity contribution is 7.86. The van der Waals surface area contributed by atoms with Gasteiger partial charge in [-0.3, -0.25) is 4.55 Å². The maximum atomic E-state index is 11.2. The Balaban J connectivity index is 0.000000686. The second kappa shape index (κ2) is 5.27. The standard InChI is InChI=1S/C11H10O3S.CH4O/c1-8-6-7-9-4-2-3-5-10(9)11(8)15(12,13)14;1-2/h2-7H,1H3,(H,12,13,14);2H,1H3. The summed E-state index contributed by atoms with van der Waals surface area (Å²) in [5.74, 6) is 0. The van der Waals surface area contributed by atoms with E-state index in [1.807, 2.05) is 18.2 Å². The van der Waals surface area contributed by atoms with Gasteiger partial charge in [0.25, 0.3) is 10.1 Å². The molecule has 5 heteroatoms. The number of benzene rings is 2. The quantitative estimate of drug-likeness (QED) is 0.763.